The van der Waals surface area contributed by atoms with Crippen LogP contribution >= 0.6 is 0 Å². The van der Waals surface area contributed by atoms with Crippen LogP contribution in [0, 0.1) is 5.92 Å². The number of hydrogen-bond acceptors (Lipinski definition) is 8. The van der Waals surface area contributed by atoms with E-state index >= 15 is 0 Å². The van der Waals surface area contributed by atoms with Gasteiger partial charge in [-0.05, 0) is 80.6 Å². The molecular weight excluding hydrogens is 480 g/mol. The largest absolute Gasteiger partial charge is 0.479 e. The topological polar surface area (TPSA) is 157 Å². The van der Waals surface area contributed by atoms with Crippen LogP contribution in [0.2, 0.25) is 0 Å². The Morgan fingerprint density at radius 1 is 1.08 bits per heavy atom. The molecule has 5 rings (SSSR count). The third-order valence-electron chi connectivity index (χ3n) is 8.00. The summed E-state index contributed by atoms with van der Waals surface area (Å²) in [7, 11) is 2.29. The van der Waals surface area contributed by atoms with Crippen molar-refractivity contribution >= 4 is 17.9 Å². The first kappa shape index (κ1) is 26.7. The first-order valence-corrected chi connectivity index (χ1v) is 12.4. The molecule has 37 heavy (non-hydrogen) atoms. The Bertz CT molecular complexity index is 1140. The van der Waals surface area contributed by atoms with Gasteiger partial charge < -0.3 is 30.1 Å². The summed E-state index contributed by atoms with van der Waals surface area (Å²) in [6, 6.07) is 10.5. The number of piperidine rings is 1. The number of carbonyl (C=O) groups is 3. The fourth-order valence-electron chi connectivity index (χ4n) is 6.16. The molecule has 3 aliphatic rings. The smallest absolute Gasteiger partial charge is 0.345 e. The molecule has 2 fully saturated rings. The lowest BCUT2D eigenvalue weighted by atomic mass is 9.52. The number of benzene rings is 1. The van der Waals surface area contributed by atoms with Crippen LogP contribution in [0.1, 0.15) is 53.6 Å². The van der Waals surface area contributed by atoms with Crippen molar-refractivity contribution in [2.45, 2.75) is 62.2 Å². The number of rotatable bonds is 5. The average Bonchev–Trinajstić information content (AvgIpc) is 2.90. The Kier molecular flexibility index (Phi) is 7.91. The van der Waals surface area contributed by atoms with Crippen LogP contribution in [0.25, 0.3) is 0 Å². The highest BCUT2D eigenvalue weighted by Crippen LogP contribution is 2.55. The molecule has 1 saturated carbocycles. The van der Waals surface area contributed by atoms with Crippen molar-refractivity contribution in [3.05, 3.63) is 59.4 Å². The molecule has 198 valence electrons. The monoisotopic (exact) mass is 512 g/mol. The lowest BCUT2D eigenvalue weighted by Crippen LogP contribution is -2.59. The van der Waals surface area contributed by atoms with Gasteiger partial charge in [0, 0.05) is 23.9 Å². The molecule has 1 saturated heterocycles. The Labute approximate surface area is 214 Å². The Morgan fingerprint density at radius 2 is 1.81 bits per heavy atom. The van der Waals surface area contributed by atoms with E-state index in [1.165, 1.54) is 49.8 Å². The number of aliphatic hydroxyl groups excluding tert-OH is 2. The van der Waals surface area contributed by atoms with Crippen LogP contribution in [0.5, 0.6) is 5.75 Å². The first-order chi connectivity index (χ1) is 17.6. The molecule has 0 radical (unpaired) electrons. The van der Waals surface area contributed by atoms with Gasteiger partial charge in [-0.1, -0.05) is 18.9 Å². The lowest BCUT2D eigenvalue weighted by Gasteiger charge is -2.58. The minimum absolute atomic E-state index is 0.278. The van der Waals surface area contributed by atoms with Crippen molar-refractivity contribution in [3.8, 4) is 5.75 Å². The van der Waals surface area contributed by atoms with Gasteiger partial charge in [-0.25, -0.2) is 14.4 Å². The third kappa shape index (κ3) is 5.36. The highest BCUT2D eigenvalue weighted by Gasteiger charge is 2.53. The van der Waals surface area contributed by atoms with E-state index < -0.39 is 24.1 Å². The van der Waals surface area contributed by atoms with E-state index in [0.29, 0.717) is 17.4 Å². The number of fused-ring (bicyclic) bond motifs is 1. The fraction of sp³-hybridized carbons (Fsp3) is 0.481. The molecule has 0 spiro atoms. The van der Waals surface area contributed by atoms with Gasteiger partial charge in [0.25, 0.3) is 0 Å². The number of aliphatic carboxylic acids is 2. The maximum Gasteiger partial charge on any atom is 0.345 e. The minimum atomic E-state index is -2.27. The molecule has 0 unspecified atom stereocenters. The van der Waals surface area contributed by atoms with Crippen LogP contribution in [0.15, 0.2) is 42.7 Å². The summed E-state index contributed by atoms with van der Waals surface area (Å²) in [4.78, 5) is 38.6. The summed E-state index contributed by atoms with van der Waals surface area (Å²) in [5.41, 5.74) is 3.67. The summed E-state index contributed by atoms with van der Waals surface area (Å²) in [6.45, 7) is 1.17. The summed E-state index contributed by atoms with van der Waals surface area (Å²) in [5.74, 6) is -2.47. The summed E-state index contributed by atoms with van der Waals surface area (Å²) in [6.07, 6.45) is 6.28. The fourth-order valence-corrected chi connectivity index (χ4v) is 6.16. The number of aromatic nitrogens is 1. The van der Waals surface area contributed by atoms with E-state index in [1.54, 1.807) is 24.5 Å². The van der Waals surface area contributed by atoms with Crippen molar-refractivity contribution in [2.24, 2.45) is 5.92 Å². The third-order valence-corrected chi connectivity index (χ3v) is 8.00. The molecule has 1 aromatic carbocycles. The molecule has 5 atom stereocenters. The summed E-state index contributed by atoms with van der Waals surface area (Å²) >= 11 is 0. The van der Waals surface area contributed by atoms with Gasteiger partial charge in [0.1, 0.15) is 5.75 Å². The van der Waals surface area contributed by atoms with E-state index in [1.807, 2.05) is 6.07 Å². The van der Waals surface area contributed by atoms with Gasteiger partial charge in [0.2, 0.25) is 0 Å². The van der Waals surface area contributed by atoms with Crippen LogP contribution < -0.4 is 4.74 Å². The van der Waals surface area contributed by atoms with E-state index in [-0.39, 0.29) is 11.4 Å². The van der Waals surface area contributed by atoms with Crippen LogP contribution in [-0.2, 0) is 21.4 Å². The zero-order valence-electron chi connectivity index (χ0n) is 20.6. The number of nitrogens with zero attached hydrogens (tertiary/aromatic N) is 2. The molecule has 2 aliphatic carbocycles. The number of carboxylic acids is 2. The van der Waals surface area contributed by atoms with Crippen molar-refractivity contribution in [2.75, 3.05) is 13.6 Å². The second-order valence-electron chi connectivity index (χ2n) is 10.0. The van der Waals surface area contributed by atoms with E-state index in [9.17, 15) is 14.4 Å². The van der Waals surface area contributed by atoms with Gasteiger partial charge in [0.15, 0.2) is 12.2 Å². The van der Waals surface area contributed by atoms with E-state index in [4.69, 9.17) is 25.2 Å². The SMILES string of the molecule is CN1CC[C@]23CCCC[C@H]2[C@@H]1Cc1ccc(OC(=O)c2cccnc2)cc13.O=C(O)[C@H](O)[C@@H](O)C(=O)O. The number of pyridine rings is 1. The van der Waals surface area contributed by atoms with Crippen molar-refractivity contribution in [1.29, 1.82) is 0 Å². The highest BCUT2D eigenvalue weighted by molar-refractivity contribution is 5.90. The number of ether oxygens (including phenoxy) is 1. The second kappa shape index (κ2) is 11.0. The number of carbonyl (C=O) groups excluding carboxylic acids is 1. The molecule has 2 aromatic rings. The molecular formula is C27H32N2O8. The number of esters is 1. The Balaban J connectivity index is 0.000000275. The molecule has 4 N–H and O–H groups in total. The maximum atomic E-state index is 12.5. The van der Waals surface area contributed by atoms with E-state index in [0.717, 1.165) is 12.3 Å². The Morgan fingerprint density at radius 3 is 2.46 bits per heavy atom. The number of hydrogen-bond donors (Lipinski definition) is 4. The van der Waals surface area contributed by atoms with Gasteiger partial charge in [0.05, 0.1) is 5.56 Å². The van der Waals surface area contributed by atoms with Crippen molar-refractivity contribution in [3.63, 3.8) is 0 Å². The van der Waals surface area contributed by atoms with Crippen molar-refractivity contribution in [1.82, 2.24) is 9.88 Å². The normalized spacial score (nSPS) is 25.8. The van der Waals surface area contributed by atoms with Crippen LogP contribution in [0.3, 0.4) is 0 Å². The van der Waals surface area contributed by atoms with Crippen LogP contribution in [0.4, 0.5) is 0 Å². The Hall–Kier alpha value is -3.34. The second-order valence-corrected chi connectivity index (χ2v) is 10.0. The average molecular weight is 513 g/mol. The molecule has 1 aliphatic heterocycles. The molecule has 0 amide bonds. The van der Waals surface area contributed by atoms with Gasteiger partial charge >= 0.3 is 17.9 Å². The molecule has 1 aromatic heterocycles. The predicted octanol–water partition coefficient (Wildman–Crippen LogP) is 1.87. The molecule has 2 bridgehead atoms. The molecule has 2 heterocycles. The number of aliphatic hydroxyl groups is 2. The van der Waals surface area contributed by atoms with Gasteiger partial charge in [-0.2, -0.15) is 0 Å². The minimum Gasteiger partial charge on any atom is -0.479 e. The molecule has 10 nitrogen and oxygen atoms in total. The predicted molar refractivity (Wildman–Crippen MR) is 131 cm³/mol. The number of likely N-dealkylation sites (N-methyl/N-ethyl adjacent to an activating group) is 1. The standard InChI is InChI=1S/C23H26N2O2.C4H6O6/c1-25-12-10-23-9-3-2-6-19(23)21(25)13-16-7-8-18(14-20(16)23)27-22(26)17-5-4-11-24-15-17;5-1(3(7)8)2(6)4(9)10/h4-5,7-8,11,14-15,19,21H,2-3,6,9-10,12-13H2,1H3;1-2,5-6H,(H,7,8)(H,9,10)/t19-,21-,23+;1-,2-/m01/s1. The van der Waals surface area contributed by atoms with Crippen molar-refractivity contribution < 1.29 is 39.5 Å². The summed E-state index contributed by atoms with van der Waals surface area (Å²) in [5, 5.41) is 32.5. The first-order valence-electron chi connectivity index (χ1n) is 12.4. The zero-order chi connectivity index (χ0) is 26.7. The van der Waals surface area contributed by atoms with E-state index in [2.05, 4.69) is 29.1 Å². The summed E-state index contributed by atoms with van der Waals surface area (Å²) < 4.78 is 5.71. The molecule has 10 heteroatoms. The lowest BCUT2D eigenvalue weighted by molar-refractivity contribution is -0.165. The highest BCUT2D eigenvalue weighted by atomic mass is 16.5. The number of likely N-dealkylation sites (tertiary alicyclic amines) is 1. The van der Waals surface area contributed by atoms with Gasteiger partial charge in [-0.3, -0.25) is 4.98 Å². The quantitative estimate of drug-likeness (QED) is 0.344. The van der Waals surface area contributed by atoms with Crippen LogP contribution in [-0.4, -0.2) is 80.1 Å². The zero-order valence-corrected chi connectivity index (χ0v) is 20.6. The maximum absolute atomic E-state index is 12.5. The number of carboxylic acid groups (broad SMARTS) is 2. The van der Waals surface area contributed by atoms with Gasteiger partial charge in [-0.15, -0.1) is 0 Å².